The van der Waals surface area contributed by atoms with Gasteiger partial charge in [0, 0.05) is 43.1 Å². The van der Waals surface area contributed by atoms with Gasteiger partial charge in [-0.1, -0.05) is 23.7 Å². The molecule has 0 spiro atoms. The molecular formula is C20H22Cl2N2O3. The molecule has 1 aromatic carbocycles. The molecule has 1 N–H and O–H groups in total. The summed E-state index contributed by atoms with van der Waals surface area (Å²) in [7, 11) is 0. The van der Waals surface area contributed by atoms with Crippen LogP contribution in [0.2, 0.25) is 5.02 Å². The van der Waals surface area contributed by atoms with E-state index in [9.17, 15) is 9.59 Å². The molecule has 2 heterocycles. The summed E-state index contributed by atoms with van der Waals surface area (Å²) in [4.78, 5) is 27.3. The molecule has 1 atom stereocenters. The smallest absolute Gasteiger partial charge is 0.290 e. The average molecular weight is 409 g/mol. The Morgan fingerprint density at radius 3 is 2.89 bits per heavy atom. The summed E-state index contributed by atoms with van der Waals surface area (Å²) in [5, 5.41) is 3.99. The quantitative estimate of drug-likeness (QED) is 0.816. The second-order valence-electron chi connectivity index (χ2n) is 6.90. The van der Waals surface area contributed by atoms with Gasteiger partial charge in [0.05, 0.1) is 11.6 Å². The molecule has 1 fully saturated rings. The molecule has 0 bridgehead atoms. The van der Waals surface area contributed by atoms with Gasteiger partial charge in [-0.3, -0.25) is 9.59 Å². The van der Waals surface area contributed by atoms with Crippen molar-refractivity contribution in [2.24, 2.45) is 0 Å². The van der Waals surface area contributed by atoms with Crippen LogP contribution in [0, 0.1) is 6.92 Å². The number of rotatable bonds is 2. The van der Waals surface area contributed by atoms with E-state index >= 15 is 0 Å². The molecule has 2 aliphatic rings. The minimum absolute atomic E-state index is 0. The fourth-order valence-corrected chi connectivity index (χ4v) is 4.14. The SMILES string of the molecule is Cc1c(C(=O)N2CCNCC2c2cccc(Cl)c2)oc2c1C(=O)CCC2.Cl. The first-order valence-electron chi connectivity index (χ1n) is 8.99. The third-order valence-corrected chi connectivity index (χ3v) is 5.47. The monoisotopic (exact) mass is 408 g/mol. The average Bonchev–Trinajstić information content (AvgIpc) is 2.99. The Balaban J connectivity index is 0.00000210. The number of hydrogen-bond donors (Lipinski definition) is 1. The van der Waals surface area contributed by atoms with Crippen LogP contribution < -0.4 is 5.32 Å². The molecule has 27 heavy (non-hydrogen) atoms. The van der Waals surface area contributed by atoms with Crippen LogP contribution in [0.4, 0.5) is 0 Å². The molecule has 1 aromatic heterocycles. The van der Waals surface area contributed by atoms with Gasteiger partial charge < -0.3 is 14.6 Å². The molecule has 0 radical (unpaired) electrons. The lowest BCUT2D eigenvalue weighted by atomic mass is 9.94. The second-order valence-corrected chi connectivity index (χ2v) is 7.34. The van der Waals surface area contributed by atoms with Crippen molar-refractivity contribution in [1.29, 1.82) is 0 Å². The van der Waals surface area contributed by atoms with Crippen molar-refractivity contribution in [3.8, 4) is 0 Å². The highest BCUT2D eigenvalue weighted by Crippen LogP contribution is 2.32. The molecule has 2 aromatic rings. The lowest BCUT2D eigenvalue weighted by Crippen LogP contribution is -2.48. The molecular weight excluding hydrogens is 387 g/mol. The van der Waals surface area contributed by atoms with Crippen LogP contribution in [0.5, 0.6) is 0 Å². The highest BCUT2D eigenvalue weighted by Gasteiger charge is 2.34. The Labute approximate surface area is 169 Å². The predicted octanol–water partition coefficient (Wildman–Crippen LogP) is 3.97. The molecule has 1 amide bonds. The van der Waals surface area contributed by atoms with E-state index in [1.807, 2.05) is 36.1 Å². The van der Waals surface area contributed by atoms with E-state index in [4.69, 9.17) is 16.0 Å². The number of fused-ring (bicyclic) bond motifs is 1. The summed E-state index contributed by atoms with van der Waals surface area (Å²) >= 11 is 6.14. The number of ketones is 1. The number of hydrogen-bond acceptors (Lipinski definition) is 4. The van der Waals surface area contributed by atoms with E-state index in [0.717, 1.165) is 18.5 Å². The largest absolute Gasteiger partial charge is 0.455 e. The summed E-state index contributed by atoms with van der Waals surface area (Å²) < 4.78 is 5.87. The van der Waals surface area contributed by atoms with Gasteiger partial charge in [0.1, 0.15) is 5.76 Å². The third-order valence-electron chi connectivity index (χ3n) is 5.24. The van der Waals surface area contributed by atoms with Crippen molar-refractivity contribution in [3.63, 3.8) is 0 Å². The first-order chi connectivity index (χ1) is 12.6. The standard InChI is InChI=1S/C20H21ClN2O3.ClH/c1-12-18-16(24)6-3-7-17(18)26-19(12)20(25)23-9-8-22-11-15(23)13-4-2-5-14(21)10-13;/h2,4-5,10,15,22H,3,6-9,11H2,1H3;1H. The molecule has 1 aliphatic heterocycles. The topological polar surface area (TPSA) is 62.6 Å². The maximum absolute atomic E-state index is 13.3. The molecule has 4 rings (SSSR count). The van der Waals surface area contributed by atoms with E-state index in [-0.39, 0.29) is 30.1 Å². The Morgan fingerprint density at radius 1 is 1.33 bits per heavy atom. The Morgan fingerprint density at radius 2 is 2.15 bits per heavy atom. The second kappa shape index (κ2) is 8.05. The van der Waals surface area contributed by atoms with E-state index in [2.05, 4.69) is 5.32 Å². The normalized spacial score (nSPS) is 19.4. The van der Waals surface area contributed by atoms with E-state index in [1.165, 1.54) is 0 Å². The van der Waals surface area contributed by atoms with Crippen LogP contribution in [-0.2, 0) is 6.42 Å². The zero-order valence-corrected chi connectivity index (χ0v) is 16.7. The number of carbonyl (C=O) groups excluding carboxylic acids is 2. The van der Waals surface area contributed by atoms with E-state index < -0.39 is 0 Å². The van der Waals surface area contributed by atoms with Crippen LogP contribution >= 0.6 is 24.0 Å². The van der Waals surface area contributed by atoms with Crippen molar-refractivity contribution in [3.05, 3.63) is 57.5 Å². The van der Waals surface area contributed by atoms with Crippen molar-refractivity contribution in [2.75, 3.05) is 19.6 Å². The molecule has 1 unspecified atom stereocenters. The highest BCUT2D eigenvalue weighted by atomic mass is 35.5. The molecule has 5 nitrogen and oxygen atoms in total. The third kappa shape index (κ3) is 3.64. The fraction of sp³-hybridized carbons (Fsp3) is 0.400. The van der Waals surface area contributed by atoms with Crippen LogP contribution in [0.15, 0.2) is 28.7 Å². The predicted molar refractivity (Wildman–Crippen MR) is 106 cm³/mol. The number of carbonyl (C=O) groups is 2. The maximum Gasteiger partial charge on any atom is 0.290 e. The molecule has 0 saturated carbocycles. The summed E-state index contributed by atoms with van der Waals surface area (Å²) in [6.07, 6.45) is 2.03. The number of nitrogens with zero attached hydrogens (tertiary/aromatic N) is 1. The van der Waals surface area contributed by atoms with Gasteiger partial charge in [0.25, 0.3) is 5.91 Å². The van der Waals surface area contributed by atoms with Crippen LogP contribution in [-0.4, -0.2) is 36.2 Å². The van der Waals surface area contributed by atoms with Gasteiger partial charge in [0.15, 0.2) is 11.5 Å². The number of aryl methyl sites for hydroxylation is 1. The van der Waals surface area contributed by atoms with Gasteiger partial charge in [-0.25, -0.2) is 0 Å². The lowest BCUT2D eigenvalue weighted by molar-refractivity contribution is 0.0598. The molecule has 7 heteroatoms. The Bertz CT molecular complexity index is 878. The zero-order valence-electron chi connectivity index (χ0n) is 15.1. The number of halogens is 2. The zero-order chi connectivity index (χ0) is 18.3. The summed E-state index contributed by atoms with van der Waals surface area (Å²) in [5.74, 6) is 0.894. The van der Waals surface area contributed by atoms with Crippen LogP contribution in [0.25, 0.3) is 0 Å². The van der Waals surface area contributed by atoms with Crippen molar-refractivity contribution < 1.29 is 14.0 Å². The van der Waals surface area contributed by atoms with Crippen molar-refractivity contribution >= 4 is 35.7 Å². The number of piperazine rings is 1. The van der Waals surface area contributed by atoms with Crippen LogP contribution in [0.1, 0.15) is 56.7 Å². The maximum atomic E-state index is 13.3. The van der Waals surface area contributed by atoms with E-state index in [1.54, 1.807) is 0 Å². The Hall–Kier alpha value is -1.82. The molecule has 144 valence electrons. The summed E-state index contributed by atoms with van der Waals surface area (Å²) in [6.45, 7) is 3.77. The highest BCUT2D eigenvalue weighted by molar-refractivity contribution is 6.30. The molecule has 1 aliphatic carbocycles. The number of furan rings is 1. The van der Waals surface area contributed by atoms with Gasteiger partial charge in [-0.05, 0) is 31.0 Å². The fourth-order valence-electron chi connectivity index (χ4n) is 3.94. The number of amides is 1. The summed E-state index contributed by atoms with van der Waals surface area (Å²) in [5.41, 5.74) is 2.29. The van der Waals surface area contributed by atoms with Crippen LogP contribution in [0.3, 0.4) is 0 Å². The number of Topliss-reactive ketones (excluding diaryl/α,β-unsaturated/α-hetero) is 1. The summed E-state index contributed by atoms with van der Waals surface area (Å²) in [6, 6.07) is 7.47. The number of benzene rings is 1. The molecule has 1 saturated heterocycles. The van der Waals surface area contributed by atoms with Crippen molar-refractivity contribution in [2.45, 2.75) is 32.2 Å². The van der Waals surface area contributed by atoms with Gasteiger partial charge in [-0.2, -0.15) is 0 Å². The van der Waals surface area contributed by atoms with Gasteiger partial charge in [-0.15, -0.1) is 12.4 Å². The first kappa shape index (κ1) is 19.9. The van der Waals surface area contributed by atoms with Gasteiger partial charge in [0.2, 0.25) is 0 Å². The lowest BCUT2D eigenvalue weighted by Gasteiger charge is -2.36. The minimum atomic E-state index is -0.156. The minimum Gasteiger partial charge on any atom is -0.455 e. The Kier molecular flexibility index (Phi) is 5.94. The van der Waals surface area contributed by atoms with Crippen molar-refractivity contribution in [1.82, 2.24) is 10.2 Å². The first-order valence-corrected chi connectivity index (χ1v) is 9.36. The van der Waals surface area contributed by atoms with Gasteiger partial charge >= 0.3 is 0 Å². The number of nitrogens with one attached hydrogen (secondary N) is 1. The van der Waals surface area contributed by atoms with E-state index in [0.29, 0.717) is 53.6 Å².